The molecule has 0 spiro atoms. The Kier molecular flexibility index (Phi) is 6.26. The molecule has 1 amide bonds. The third-order valence-electron chi connectivity index (χ3n) is 4.67. The molecular formula is C21H21N3O7S. The van der Waals surface area contributed by atoms with E-state index in [2.05, 4.69) is 15.0 Å². The van der Waals surface area contributed by atoms with Gasteiger partial charge >= 0.3 is 5.97 Å². The van der Waals surface area contributed by atoms with Gasteiger partial charge in [0.1, 0.15) is 19.0 Å². The molecule has 4 rings (SSSR count). The van der Waals surface area contributed by atoms with Crippen molar-refractivity contribution < 1.29 is 32.2 Å². The molecule has 0 fully saturated rings. The topological polar surface area (TPSA) is 132 Å². The summed E-state index contributed by atoms with van der Waals surface area (Å²) in [4.78, 5) is 28.5. The monoisotopic (exact) mass is 459 g/mol. The van der Waals surface area contributed by atoms with Crippen molar-refractivity contribution in [1.29, 1.82) is 0 Å². The summed E-state index contributed by atoms with van der Waals surface area (Å²) < 4.78 is 43.3. The molecule has 2 aromatic carbocycles. The van der Waals surface area contributed by atoms with Crippen LogP contribution in [0.1, 0.15) is 23.2 Å². The first-order chi connectivity index (χ1) is 15.4. The lowest BCUT2D eigenvalue weighted by Gasteiger charge is -2.18. The zero-order chi connectivity index (χ0) is 22.6. The fraction of sp³-hybridized carbons (Fsp3) is 0.286. The highest BCUT2D eigenvalue weighted by Crippen LogP contribution is 2.30. The van der Waals surface area contributed by atoms with Gasteiger partial charge in [-0.2, -0.15) is 0 Å². The van der Waals surface area contributed by atoms with Gasteiger partial charge < -0.3 is 19.5 Å². The van der Waals surface area contributed by atoms with E-state index in [0.29, 0.717) is 43.5 Å². The highest BCUT2D eigenvalue weighted by molar-refractivity contribution is 7.90. The molecule has 2 heterocycles. The number of hydrogen-bond donors (Lipinski definition) is 2. The van der Waals surface area contributed by atoms with E-state index in [9.17, 15) is 18.0 Å². The quantitative estimate of drug-likeness (QED) is 0.629. The lowest BCUT2D eigenvalue weighted by Crippen LogP contribution is -2.29. The van der Waals surface area contributed by atoms with Crippen molar-refractivity contribution in [2.75, 3.05) is 31.7 Å². The number of anilines is 1. The summed E-state index contributed by atoms with van der Waals surface area (Å²) >= 11 is 0. The molecule has 0 aromatic heterocycles. The van der Waals surface area contributed by atoms with Crippen LogP contribution in [0, 0.1) is 0 Å². The van der Waals surface area contributed by atoms with Crippen LogP contribution in [0.5, 0.6) is 11.5 Å². The predicted molar refractivity (Wildman–Crippen MR) is 115 cm³/mol. The van der Waals surface area contributed by atoms with Gasteiger partial charge in [0, 0.05) is 18.7 Å². The molecular weight excluding hydrogens is 438 g/mol. The molecule has 0 radical (unpaired) electrons. The van der Waals surface area contributed by atoms with Crippen LogP contribution in [0.3, 0.4) is 0 Å². The molecule has 2 aliphatic rings. The number of rotatable bonds is 6. The number of fused-ring (bicyclic) bond motifs is 1. The number of esters is 1. The summed E-state index contributed by atoms with van der Waals surface area (Å²) in [5.41, 5.74) is 0.470. The third kappa shape index (κ3) is 5.17. The van der Waals surface area contributed by atoms with Gasteiger partial charge in [-0.05, 0) is 42.8 Å². The summed E-state index contributed by atoms with van der Waals surface area (Å²) in [5, 5.41) is 2.52. The fourth-order valence-corrected chi connectivity index (χ4v) is 4.29. The number of benzene rings is 2. The fourth-order valence-electron chi connectivity index (χ4n) is 3.16. The number of ether oxygens (including phenoxy) is 3. The maximum atomic E-state index is 12.5. The second kappa shape index (κ2) is 9.27. The average Bonchev–Trinajstić information content (AvgIpc) is 3.29. The predicted octanol–water partition coefficient (Wildman–Crippen LogP) is 1.72. The van der Waals surface area contributed by atoms with E-state index in [0.717, 1.165) is 6.42 Å². The van der Waals surface area contributed by atoms with Gasteiger partial charge in [-0.15, -0.1) is 0 Å². The van der Waals surface area contributed by atoms with E-state index in [4.69, 9.17) is 14.2 Å². The number of carbonyl (C=O) groups is 2. The number of nitrogens with one attached hydrogen (secondary N) is 2. The molecule has 0 atom stereocenters. The Morgan fingerprint density at radius 2 is 1.88 bits per heavy atom. The molecule has 0 saturated carbocycles. The van der Waals surface area contributed by atoms with Crippen LogP contribution < -0.4 is 19.5 Å². The summed E-state index contributed by atoms with van der Waals surface area (Å²) in [6.45, 7) is 0.870. The highest BCUT2D eigenvalue weighted by atomic mass is 32.2. The van der Waals surface area contributed by atoms with Gasteiger partial charge in [0.05, 0.1) is 10.5 Å². The first kappa shape index (κ1) is 21.6. The minimum atomic E-state index is -3.81. The number of amidine groups is 1. The van der Waals surface area contributed by atoms with Crippen LogP contribution in [0.15, 0.2) is 52.4 Å². The normalized spacial score (nSPS) is 14.9. The van der Waals surface area contributed by atoms with E-state index < -0.39 is 28.5 Å². The molecule has 10 nitrogen and oxygen atoms in total. The molecule has 11 heteroatoms. The first-order valence-electron chi connectivity index (χ1n) is 9.93. The minimum Gasteiger partial charge on any atom is -0.486 e. The van der Waals surface area contributed by atoms with Crippen LogP contribution in [-0.4, -0.2) is 52.5 Å². The lowest BCUT2D eigenvalue weighted by atomic mass is 10.2. The Morgan fingerprint density at radius 3 is 2.66 bits per heavy atom. The van der Waals surface area contributed by atoms with Gasteiger partial charge in [0.25, 0.3) is 15.9 Å². The van der Waals surface area contributed by atoms with Crippen molar-refractivity contribution in [2.45, 2.75) is 17.7 Å². The van der Waals surface area contributed by atoms with Crippen molar-refractivity contribution in [3.05, 3.63) is 48.0 Å². The minimum absolute atomic E-state index is 0.0156. The molecule has 0 bridgehead atoms. The summed E-state index contributed by atoms with van der Waals surface area (Å²) in [7, 11) is -3.81. The van der Waals surface area contributed by atoms with Crippen LogP contribution in [0.2, 0.25) is 0 Å². The van der Waals surface area contributed by atoms with Crippen LogP contribution in [-0.2, 0) is 19.6 Å². The van der Waals surface area contributed by atoms with Crippen molar-refractivity contribution in [3.63, 3.8) is 0 Å². The summed E-state index contributed by atoms with van der Waals surface area (Å²) in [6, 6.07) is 10.4. The second-order valence-corrected chi connectivity index (χ2v) is 8.73. The maximum absolute atomic E-state index is 12.5. The highest BCUT2D eigenvalue weighted by Gasteiger charge is 2.20. The number of sulfonamides is 1. The van der Waals surface area contributed by atoms with E-state index in [-0.39, 0.29) is 16.1 Å². The lowest BCUT2D eigenvalue weighted by molar-refractivity contribution is -0.119. The van der Waals surface area contributed by atoms with Crippen LogP contribution >= 0.6 is 0 Å². The molecule has 2 aromatic rings. The van der Waals surface area contributed by atoms with Gasteiger partial charge in [0.15, 0.2) is 18.1 Å². The molecule has 0 saturated heterocycles. The molecule has 32 heavy (non-hydrogen) atoms. The smallest absolute Gasteiger partial charge is 0.338 e. The Bertz CT molecular complexity index is 1180. The molecule has 2 aliphatic heterocycles. The molecule has 168 valence electrons. The van der Waals surface area contributed by atoms with E-state index in [1.54, 1.807) is 6.07 Å². The number of carbonyl (C=O) groups excluding carboxylic acids is 2. The number of amides is 1. The van der Waals surface area contributed by atoms with Gasteiger partial charge in [0.2, 0.25) is 0 Å². The van der Waals surface area contributed by atoms with E-state index in [1.165, 1.54) is 36.4 Å². The standard InChI is InChI=1S/C21H21N3O7S/c25-20(13-31-21(26)14-6-7-17-18(11-14)30-10-9-29-17)23-15-3-1-4-16(12-15)32(27,28)24-19-5-2-8-22-19/h1,3-4,6-7,11-12H,2,5,8-10,13H2,(H,22,24)(H,23,25). The molecule has 0 aliphatic carbocycles. The Labute approximate surface area is 184 Å². The summed E-state index contributed by atoms with van der Waals surface area (Å²) in [5.74, 6) is 0.0827. The SMILES string of the molecule is O=C(COC(=O)c1ccc2c(c1)OCCO2)Nc1cccc(S(=O)(=O)NC2=NCCC2)c1. The number of aliphatic imine (C=N–C) groups is 1. The van der Waals surface area contributed by atoms with Crippen LogP contribution in [0.25, 0.3) is 0 Å². The van der Waals surface area contributed by atoms with E-state index in [1.807, 2.05) is 0 Å². The van der Waals surface area contributed by atoms with Gasteiger partial charge in [-0.3, -0.25) is 14.5 Å². The average molecular weight is 459 g/mol. The number of nitrogens with zero attached hydrogens (tertiary/aromatic N) is 1. The second-order valence-electron chi connectivity index (χ2n) is 7.05. The van der Waals surface area contributed by atoms with Crippen molar-refractivity contribution in [2.24, 2.45) is 4.99 Å². The largest absolute Gasteiger partial charge is 0.486 e. The molecule has 2 N–H and O–H groups in total. The van der Waals surface area contributed by atoms with E-state index >= 15 is 0 Å². The zero-order valence-electron chi connectivity index (χ0n) is 17.0. The Morgan fingerprint density at radius 1 is 1.06 bits per heavy atom. The zero-order valence-corrected chi connectivity index (χ0v) is 17.8. The van der Waals surface area contributed by atoms with Gasteiger partial charge in [-0.25, -0.2) is 13.2 Å². The molecule has 0 unspecified atom stereocenters. The Hall–Kier alpha value is -3.60. The number of hydrogen-bond acceptors (Lipinski definition) is 8. The summed E-state index contributed by atoms with van der Waals surface area (Å²) in [6.07, 6.45) is 1.38. The van der Waals surface area contributed by atoms with Crippen molar-refractivity contribution in [1.82, 2.24) is 4.72 Å². The van der Waals surface area contributed by atoms with Crippen molar-refractivity contribution in [3.8, 4) is 11.5 Å². The van der Waals surface area contributed by atoms with Gasteiger partial charge in [-0.1, -0.05) is 6.07 Å². The third-order valence-corrected chi connectivity index (χ3v) is 6.05. The van der Waals surface area contributed by atoms with Crippen molar-refractivity contribution >= 4 is 33.4 Å². The first-order valence-corrected chi connectivity index (χ1v) is 11.4. The Balaban J connectivity index is 1.34. The maximum Gasteiger partial charge on any atom is 0.338 e. The van der Waals surface area contributed by atoms with Crippen LogP contribution in [0.4, 0.5) is 5.69 Å².